The number of hydrogen-bond acceptors (Lipinski definition) is 5. The maximum Gasteiger partial charge on any atom is 0.494 e. The molecular formula is C19H30BFN2O4. The molecule has 27 heavy (non-hydrogen) atoms. The Hall–Kier alpha value is -1.67. The summed E-state index contributed by atoms with van der Waals surface area (Å²) in [5, 5.41) is 11.7. The monoisotopic (exact) mass is 380 g/mol. The Morgan fingerprint density at radius 1 is 1.19 bits per heavy atom. The number of anilines is 1. The smallest absolute Gasteiger partial charge is 0.407 e. The molecule has 1 saturated heterocycles. The fourth-order valence-corrected chi connectivity index (χ4v) is 3.22. The van der Waals surface area contributed by atoms with E-state index in [9.17, 15) is 10.1 Å². The molecule has 1 aliphatic heterocycles. The van der Waals surface area contributed by atoms with Crippen LogP contribution in [0, 0.1) is 33.2 Å². The lowest BCUT2D eigenvalue weighted by atomic mass is 9.75. The van der Waals surface area contributed by atoms with Crippen LogP contribution in [0.4, 0.5) is 15.8 Å². The van der Waals surface area contributed by atoms with Gasteiger partial charge in [0.2, 0.25) is 0 Å². The van der Waals surface area contributed by atoms with Crippen LogP contribution >= 0.6 is 0 Å². The van der Waals surface area contributed by atoms with Crippen LogP contribution in [0.3, 0.4) is 0 Å². The van der Waals surface area contributed by atoms with Crippen LogP contribution in [0.1, 0.15) is 41.5 Å². The summed E-state index contributed by atoms with van der Waals surface area (Å²) in [6, 6.07) is 2.69. The summed E-state index contributed by atoms with van der Waals surface area (Å²) in [6.07, 6.45) is 0. The predicted octanol–water partition coefficient (Wildman–Crippen LogP) is 3.62. The molecular weight excluding hydrogens is 350 g/mol. The molecule has 0 radical (unpaired) electrons. The van der Waals surface area contributed by atoms with Crippen molar-refractivity contribution < 1.29 is 18.6 Å². The molecule has 150 valence electrons. The van der Waals surface area contributed by atoms with E-state index in [-0.39, 0.29) is 28.6 Å². The van der Waals surface area contributed by atoms with Gasteiger partial charge in [-0.15, -0.1) is 0 Å². The largest absolute Gasteiger partial charge is 0.494 e. The Bertz CT molecular complexity index is 662. The van der Waals surface area contributed by atoms with Crippen molar-refractivity contribution in [1.29, 1.82) is 0 Å². The third-order valence-electron chi connectivity index (χ3n) is 4.27. The number of halogens is 1. The topological polar surface area (TPSA) is 64.8 Å². The minimum atomic E-state index is -0.788. The van der Waals surface area contributed by atoms with E-state index in [1.165, 1.54) is 12.1 Å². The molecule has 0 atom stereocenters. The Balaban J connectivity index is 2.42. The van der Waals surface area contributed by atoms with Gasteiger partial charge in [-0.2, -0.15) is 0 Å². The van der Waals surface area contributed by atoms with E-state index in [2.05, 4.69) is 0 Å². The molecule has 1 fully saturated rings. The molecule has 1 aliphatic rings. The highest BCUT2D eigenvalue weighted by Crippen LogP contribution is 2.32. The highest BCUT2D eigenvalue weighted by atomic mass is 19.1. The molecule has 1 aromatic carbocycles. The molecule has 8 heteroatoms. The van der Waals surface area contributed by atoms with Gasteiger partial charge in [0.05, 0.1) is 4.92 Å². The van der Waals surface area contributed by atoms with Crippen molar-refractivity contribution >= 4 is 24.0 Å². The third-order valence-corrected chi connectivity index (χ3v) is 4.27. The molecule has 0 aliphatic carbocycles. The standard InChI is InChI=1S/C19H30BFN2O4/c1-13(2)9-22(10-14(3)4)18-16(21)7-15(8-17(18)23(24)25)20-26-11-19(5,6)12-27-20/h7-8,13-14H,9-12H2,1-6H3. The van der Waals surface area contributed by atoms with Crippen molar-refractivity contribution in [3.8, 4) is 0 Å². The number of rotatable bonds is 7. The second kappa shape index (κ2) is 8.56. The van der Waals surface area contributed by atoms with Gasteiger partial charge in [-0.1, -0.05) is 41.5 Å². The Kier molecular flexibility index (Phi) is 6.86. The van der Waals surface area contributed by atoms with Gasteiger partial charge in [-0.3, -0.25) is 10.1 Å². The summed E-state index contributed by atoms with van der Waals surface area (Å²) < 4.78 is 26.4. The van der Waals surface area contributed by atoms with Crippen molar-refractivity contribution in [3.63, 3.8) is 0 Å². The molecule has 6 nitrogen and oxygen atoms in total. The zero-order valence-corrected chi connectivity index (χ0v) is 17.1. The number of nitrogens with zero attached hydrogens (tertiary/aromatic N) is 2. The van der Waals surface area contributed by atoms with Gasteiger partial charge >= 0.3 is 7.12 Å². The van der Waals surface area contributed by atoms with Gasteiger partial charge in [0.25, 0.3) is 5.69 Å². The van der Waals surface area contributed by atoms with Crippen LogP contribution in [-0.4, -0.2) is 38.3 Å². The molecule has 0 N–H and O–H groups in total. The first-order valence-corrected chi connectivity index (χ1v) is 9.46. The van der Waals surface area contributed by atoms with Crippen LogP contribution in [-0.2, 0) is 9.31 Å². The Morgan fingerprint density at radius 2 is 1.70 bits per heavy atom. The maximum atomic E-state index is 15.1. The van der Waals surface area contributed by atoms with E-state index in [0.717, 1.165) is 0 Å². The second-order valence-electron chi connectivity index (χ2n) is 8.94. The zero-order valence-electron chi connectivity index (χ0n) is 17.1. The second-order valence-corrected chi connectivity index (χ2v) is 8.94. The summed E-state index contributed by atoms with van der Waals surface area (Å²) >= 11 is 0. The number of nitro benzene ring substituents is 1. The first-order valence-electron chi connectivity index (χ1n) is 9.46. The first-order chi connectivity index (χ1) is 12.5. The highest BCUT2D eigenvalue weighted by molar-refractivity contribution is 6.61. The minimum absolute atomic E-state index is 0.0438. The maximum absolute atomic E-state index is 15.1. The molecule has 2 rings (SSSR count). The molecule has 0 bridgehead atoms. The van der Waals surface area contributed by atoms with Gasteiger partial charge in [0.1, 0.15) is 0 Å². The zero-order chi connectivity index (χ0) is 20.4. The average molecular weight is 380 g/mol. The van der Waals surface area contributed by atoms with E-state index < -0.39 is 17.9 Å². The number of benzene rings is 1. The van der Waals surface area contributed by atoms with Crippen molar-refractivity contribution in [2.75, 3.05) is 31.2 Å². The summed E-state index contributed by atoms with van der Waals surface area (Å²) in [5.74, 6) is -0.123. The quantitative estimate of drug-likeness (QED) is 0.411. The van der Waals surface area contributed by atoms with E-state index >= 15 is 4.39 Å². The van der Waals surface area contributed by atoms with Gasteiger partial charge in [0.15, 0.2) is 11.5 Å². The summed E-state index contributed by atoms with van der Waals surface area (Å²) in [6.45, 7) is 14.0. The van der Waals surface area contributed by atoms with Gasteiger partial charge in [-0.05, 0) is 23.4 Å². The predicted molar refractivity (Wildman–Crippen MR) is 106 cm³/mol. The lowest BCUT2D eigenvalue weighted by Crippen LogP contribution is -2.47. The summed E-state index contributed by atoms with van der Waals surface area (Å²) in [4.78, 5) is 13.0. The minimum Gasteiger partial charge on any atom is -0.407 e. The third kappa shape index (κ3) is 5.65. The summed E-state index contributed by atoms with van der Waals surface area (Å²) in [7, 11) is -0.788. The molecule has 1 aromatic rings. The molecule has 0 amide bonds. The highest BCUT2D eigenvalue weighted by Gasteiger charge is 2.36. The van der Waals surface area contributed by atoms with Crippen LogP contribution in [0.2, 0.25) is 0 Å². The van der Waals surface area contributed by atoms with Gasteiger partial charge in [0, 0.05) is 37.8 Å². The number of hydrogen-bond donors (Lipinski definition) is 0. The van der Waals surface area contributed by atoms with Crippen LogP contribution < -0.4 is 10.4 Å². The molecule has 1 heterocycles. The van der Waals surface area contributed by atoms with Gasteiger partial charge < -0.3 is 14.2 Å². The lowest BCUT2D eigenvalue weighted by Gasteiger charge is -2.33. The van der Waals surface area contributed by atoms with Gasteiger partial charge in [-0.25, -0.2) is 4.39 Å². The SMILES string of the molecule is CC(C)CN(CC(C)C)c1c(F)cc(B2OCC(C)(C)CO2)cc1[N+](=O)[O-]. The fourth-order valence-electron chi connectivity index (χ4n) is 3.22. The van der Waals surface area contributed by atoms with Crippen molar-refractivity contribution in [2.45, 2.75) is 41.5 Å². The first kappa shape index (κ1) is 21.6. The van der Waals surface area contributed by atoms with Crippen molar-refractivity contribution in [3.05, 3.63) is 28.1 Å². The van der Waals surface area contributed by atoms with Crippen LogP contribution in [0.15, 0.2) is 12.1 Å². The van der Waals surface area contributed by atoms with E-state index in [4.69, 9.17) is 9.31 Å². The van der Waals surface area contributed by atoms with Crippen LogP contribution in [0.5, 0.6) is 0 Å². The normalized spacial score (nSPS) is 16.9. The van der Waals surface area contributed by atoms with E-state index in [1.54, 1.807) is 4.90 Å². The Labute approximate surface area is 161 Å². The molecule has 0 saturated carbocycles. The van der Waals surface area contributed by atoms with Crippen LogP contribution in [0.25, 0.3) is 0 Å². The lowest BCUT2D eigenvalue weighted by molar-refractivity contribution is -0.384. The fraction of sp³-hybridized carbons (Fsp3) is 0.684. The summed E-state index contributed by atoms with van der Waals surface area (Å²) in [5.41, 5.74) is 0.00445. The van der Waals surface area contributed by atoms with E-state index in [1.807, 2.05) is 41.5 Å². The van der Waals surface area contributed by atoms with Crippen molar-refractivity contribution in [2.24, 2.45) is 17.3 Å². The average Bonchev–Trinajstić information content (AvgIpc) is 2.52. The number of nitro groups is 1. The van der Waals surface area contributed by atoms with E-state index in [0.29, 0.717) is 31.8 Å². The molecule has 0 unspecified atom stereocenters. The Morgan fingerprint density at radius 3 is 2.15 bits per heavy atom. The molecule has 0 aromatic heterocycles. The molecule has 0 spiro atoms. The van der Waals surface area contributed by atoms with Crippen molar-refractivity contribution in [1.82, 2.24) is 0 Å².